The lowest BCUT2D eigenvalue weighted by Gasteiger charge is -2.22. The molecule has 160 valence electrons. The highest BCUT2D eigenvalue weighted by Gasteiger charge is 2.43. The molecule has 2 fully saturated rings. The van der Waals surface area contributed by atoms with E-state index in [1.54, 1.807) is 14.2 Å². The van der Waals surface area contributed by atoms with Gasteiger partial charge >= 0.3 is 8.56 Å². The third kappa shape index (κ3) is 9.91. The number of rotatable bonds is 17. The van der Waals surface area contributed by atoms with Crippen LogP contribution in [0.1, 0.15) is 103 Å². The van der Waals surface area contributed by atoms with Gasteiger partial charge in [0.1, 0.15) is 0 Å². The van der Waals surface area contributed by atoms with Crippen molar-refractivity contribution in [1.82, 2.24) is 0 Å². The van der Waals surface area contributed by atoms with E-state index in [0.717, 1.165) is 12.0 Å². The summed E-state index contributed by atoms with van der Waals surface area (Å²) in [7, 11) is 1.78. The molecule has 0 amide bonds. The fourth-order valence-electron chi connectivity index (χ4n) is 4.68. The summed E-state index contributed by atoms with van der Waals surface area (Å²) >= 11 is 0. The molecule has 0 bridgehead atoms. The minimum atomic E-state index is -1.81. The Morgan fingerprint density at radius 2 is 1.22 bits per heavy atom. The summed E-state index contributed by atoms with van der Waals surface area (Å²) in [5.41, 5.74) is 0. The second-order valence-corrected chi connectivity index (χ2v) is 12.8. The van der Waals surface area contributed by atoms with Crippen LogP contribution in [0, 0.1) is 5.92 Å². The van der Waals surface area contributed by atoms with Gasteiger partial charge in [0.2, 0.25) is 0 Å². The maximum absolute atomic E-state index is 5.64. The molecule has 0 N–H and O–H groups in total. The lowest BCUT2D eigenvalue weighted by molar-refractivity contribution is 0.248. The van der Waals surface area contributed by atoms with Gasteiger partial charge in [0, 0.05) is 14.2 Å². The van der Waals surface area contributed by atoms with Crippen LogP contribution in [-0.2, 0) is 13.6 Å². The van der Waals surface area contributed by atoms with Crippen molar-refractivity contribution >= 4 is 8.56 Å². The third-order valence-corrected chi connectivity index (χ3v) is 9.96. The summed E-state index contributed by atoms with van der Waals surface area (Å²) in [6, 6.07) is 1.13. The van der Waals surface area contributed by atoms with Gasteiger partial charge in [0.15, 0.2) is 0 Å². The molecule has 1 aliphatic carbocycles. The molecule has 3 atom stereocenters. The van der Waals surface area contributed by atoms with Crippen LogP contribution in [0.3, 0.4) is 0 Å². The molecule has 27 heavy (non-hydrogen) atoms. The van der Waals surface area contributed by atoms with Crippen molar-refractivity contribution in [3.63, 3.8) is 0 Å². The van der Waals surface area contributed by atoms with Gasteiger partial charge in [-0.3, -0.25) is 0 Å². The number of fused-ring (bicyclic) bond motifs is 1. The zero-order valence-corrected chi connectivity index (χ0v) is 19.5. The Bertz CT molecular complexity index is 373. The molecule has 0 aromatic heterocycles. The topological polar surface area (TPSA) is 31.0 Å². The number of unbranched alkanes of at least 4 members (excludes halogenated alkanes) is 11. The molecule has 2 rings (SSSR count). The van der Waals surface area contributed by atoms with Gasteiger partial charge in [-0.25, -0.2) is 0 Å². The Morgan fingerprint density at radius 1 is 0.704 bits per heavy atom. The van der Waals surface area contributed by atoms with Crippen molar-refractivity contribution < 1.29 is 13.6 Å². The predicted octanol–water partition coefficient (Wildman–Crippen LogP) is 6.99. The molecule has 0 radical (unpaired) electrons. The number of hydrogen-bond donors (Lipinski definition) is 0. The number of ether oxygens (including phenoxy) is 1. The molecule has 3 nitrogen and oxygen atoms in total. The highest BCUT2D eigenvalue weighted by Crippen LogP contribution is 2.41. The molecule has 1 heterocycles. The van der Waals surface area contributed by atoms with Crippen LogP contribution < -0.4 is 0 Å². The van der Waals surface area contributed by atoms with Crippen molar-refractivity contribution in [1.29, 1.82) is 0 Å². The first kappa shape index (κ1) is 23.4. The quantitative estimate of drug-likeness (QED) is 0.150. The minimum absolute atomic E-state index is 0.668. The number of epoxide rings is 1. The maximum atomic E-state index is 5.64. The van der Waals surface area contributed by atoms with Crippen LogP contribution >= 0.6 is 0 Å². The Kier molecular flexibility index (Phi) is 11.6. The molecule has 1 saturated carbocycles. The average Bonchev–Trinajstić information content (AvgIpc) is 3.47. The normalized spacial score (nSPS) is 24.8. The fraction of sp³-hybridized carbons (Fsp3) is 1.00. The second kappa shape index (κ2) is 13.3. The first-order chi connectivity index (χ1) is 13.2. The standard InChI is InChI=1S/C23H46O3Si/c1-24-27(3,25-2)19-15-13-11-9-7-5-4-6-8-10-12-14-16-21-17-18-22-23(20-21)26-22/h21-23H,4-20H2,1-3H3. The van der Waals surface area contributed by atoms with Crippen molar-refractivity contribution in [2.75, 3.05) is 14.2 Å². The molecular weight excluding hydrogens is 352 g/mol. The Labute approximate surface area is 170 Å². The van der Waals surface area contributed by atoms with E-state index < -0.39 is 8.56 Å². The van der Waals surface area contributed by atoms with Crippen molar-refractivity contribution in [2.45, 2.75) is 128 Å². The summed E-state index contributed by atoms with van der Waals surface area (Å²) < 4.78 is 16.7. The molecule has 2 aliphatic rings. The van der Waals surface area contributed by atoms with E-state index in [9.17, 15) is 0 Å². The molecule has 0 spiro atoms. The minimum Gasteiger partial charge on any atom is -0.398 e. The molecule has 0 aromatic carbocycles. The summed E-state index contributed by atoms with van der Waals surface area (Å²) in [5.74, 6) is 0.980. The molecular formula is C23H46O3Si. The first-order valence-corrected chi connectivity index (χ1v) is 14.4. The van der Waals surface area contributed by atoms with Gasteiger partial charge in [0.25, 0.3) is 0 Å². The van der Waals surface area contributed by atoms with Crippen LogP contribution in [0.25, 0.3) is 0 Å². The summed E-state index contributed by atoms with van der Waals surface area (Å²) in [6.45, 7) is 2.17. The van der Waals surface area contributed by atoms with Gasteiger partial charge in [-0.05, 0) is 37.8 Å². The van der Waals surface area contributed by atoms with Crippen LogP contribution in [0.2, 0.25) is 12.6 Å². The van der Waals surface area contributed by atoms with Crippen molar-refractivity contribution in [2.24, 2.45) is 5.92 Å². The van der Waals surface area contributed by atoms with Crippen molar-refractivity contribution in [3.8, 4) is 0 Å². The average molecular weight is 399 g/mol. The van der Waals surface area contributed by atoms with Gasteiger partial charge in [-0.2, -0.15) is 0 Å². The highest BCUT2D eigenvalue weighted by atomic mass is 28.4. The third-order valence-electron chi connectivity index (χ3n) is 6.97. The Morgan fingerprint density at radius 3 is 1.74 bits per heavy atom. The van der Waals surface area contributed by atoms with E-state index in [0.29, 0.717) is 12.2 Å². The lowest BCUT2D eigenvalue weighted by Crippen LogP contribution is -2.35. The van der Waals surface area contributed by atoms with Crippen LogP contribution in [0.5, 0.6) is 0 Å². The van der Waals surface area contributed by atoms with E-state index in [4.69, 9.17) is 13.6 Å². The van der Waals surface area contributed by atoms with E-state index >= 15 is 0 Å². The van der Waals surface area contributed by atoms with Gasteiger partial charge in [-0.1, -0.05) is 83.5 Å². The van der Waals surface area contributed by atoms with Gasteiger partial charge in [0.05, 0.1) is 12.2 Å². The summed E-state index contributed by atoms with van der Waals surface area (Å²) in [5, 5.41) is 0. The molecule has 4 heteroatoms. The van der Waals surface area contributed by atoms with Crippen LogP contribution in [-0.4, -0.2) is 35.0 Å². The van der Waals surface area contributed by atoms with Gasteiger partial charge < -0.3 is 13.6 Å². The monoisotopic (exact) mass is 398 g/mol. The second-order valence-electron chi connectivity index (χ2n) is 9.22. The predicted molar refractivity (Wildman–Crippen MR) is 116 cm³/mol. The molecule has 1 aliphatic heterocycles. The summed E-state index contributed by atoms with van der Waals surface area (Å²) in [6.07, 6.45) is 23.9. The van der Waals surface area contributed by atoms with Gasteiger partial charge in [-0.15, -0.1) is 0 Å². The maximum Gasteiger partial charge on any atom is 0.334 e. The van der Waals surface area contributed by atoms with Crippen molar-refractivity contribution in [3.05, 3.63) is 0 Å². The highest BCUT2D eigenvalue weighted by molar-refractivity contribution is 6.65. The lowest BCUT2D eigenvalue weighted by atomic mass is 9.85. The van der Waals surface area contributed by atoms with E-state index in [2.05, 4.69) is 6.55 Å². The Hall–Kier alpha value is 0.0969. The summed E-state index contributed by atoms with van der Waals surface area (Å²) in [4.78, 5) is 0. The molecule has 0 aromatic rings. The SMILES string of the molecule is CO[Si](C)(CCCCCCCCCCCCCCC1CCC2OC2C1)OC. The van der Waals surface area contributed by atoms with Crippen LogP contribution in [0.15, 0.2) is 0 Å². The van der Waals surface area contributed by atoms with E-state index in [-0.39, 0.29) is 0 Å². The van der Waals surface area contributed by atoms with E-state index in [1.807, 2.05) is 0 Å². The number of hydrogen-bond acceptors (Lipinski definition) is 3. The fourth-order valence-corrected chi connectivity index (χ4v) is 6.15. The van der Waals surface area contributed by atoms with E-state index in [1.165, 1.54) is 103 Å². The molecule has 3 unspecified atom stereocenters. The zero-order chi connectivity index (χ0) is 19.4. The smallest absolute Gasteiger partial charge is 0.334 e. The van der Waals surface area contributed by atoms with Crippen LogP contribution in [0.4, 0.5) is 0 Å². The largest absolute Gasteiger partial charge is 0.398 e. The molecule has 1 saturated heterocycles. The zero-order valence-electron chi connectivity index (χ0n) is 18.5. The first-order valence-electron chi connectivity index (χ1n) is 11.9. The Balaban J connectivity index is 1.25.